The van der Waals surface area contributed by atoms with Gasteiger partial charge in [0.05, 0.1) is 11.8 Å². The summed E-state index contributed by atoms with van der Waals surface area (Å²) in [4.78, 5) is 30.5. The van der Waals surface area contributed by atoms with Gasteiger partial charge in [0.15, 0.2) is 11.6 Å². The summed E-state index contributed by atoms with van der Waals surface area (Å²) in [5, 5.41) is 9.05. The van der Waals surface area contributed by atoms with Crippen molar-refractivity contribution < 1.29 is 13.9 Å². The summed E-state index contributed by atoms with van der Waals surface area (Å²) >= 11 is 0. The molecule has 238 valence electrons. The number of aromatic nitrogens is 1. The summed E-state index contributed by atoms with van der Waals surface area (Å²) in [7, 11) is 1.74. The monoisotopic (exact) mass is 622 g/mol. The average Bonchev–Trinajstić information content (AvgIpc) is 3.52. The quantitative estimate of drug-likeness (QED) is 0.147. The Morgan fingerprint density at radius 3 is 2.74 bits per heavy atom. The zero-order valence-electron chi connectivity index (χ0n) is 26.3. The molecule has 2 heterocycles. The predicted molar refractivity (Wildman–Crippen MR) is 182 cm³/mol. The van der Waals surface area contributed by atoms with Crippen LogP contribution in [-0.2, 0) is 16.1 Å². The Morgan fingerprint density at radius 1 is 1.22 bits per heavy atom. The topological polar surface area (TPSA) is 130 Å². The van der Waals surface area contributed by atoms with E-state index in [-0.39, 0.29) is 12.0 Å². The third-order valence-corrected chi connectivity index (χ3v) is 8.11. The van der Waals surface area contributed by atoms with E-state index in [2.05, 4.69) is 47.6 Å². The largest absolute Gasteiger partial charge is 0.381 e. The molecule has 5 rings (SSSR count). The summed E-state index contributed by atoms with van der Waals surface area (Å²) < 4.78 is 18.8. The van der Waals surface area contributed by atoms with Crippen molar-refractivity contribution in [2.75, 3.05) is 12.4 Å². The highest BCUT2D eigenvalue weighted by atomic mass is 19.1. The lowest BCUT2D eigenvalue weighted by atomic mass is 9.99. The number of nitrogens with zero attached hydrogens (tertiary/aromatic N) is 5. The summed E-state index contributed by atoms with van der Waals surface area (Å²) in [5.41, 5.74) is 3.94. The molecule has 1 aromatic heterocycles. The number of fused-ring (bicyclic) bond motifs is 1. The number of hydrogen-bond acceptors (Lipinski definition) is 9. The molecule has 2 aromatic carbocycles. The average molecular weight is 623 g/mol. The van der Waals surface area contributed by atoms with Crippen molar-refractivity contribution in [3.63, 3.8) is 0 Å². The summed E-state index contributed by atoms with van der Waals surface area (Å²) in [6.45, 7) is 11.5. The minimum absolute atomic E-state index is 0.118. The van der Waals surface area contributed by atoms with Crippen LogP contribution in [0, 0.1) is 11.8 Å². The van der Waals surface area contributed by atoms with Crippen LogP contribution in [-0.4, -0.2) is 47.2 Å². The summed E-state index contributed by atoms with van der Waals surface area (Å²) in [6, 6.07) is 15.1. The van der Waals surface area contributed by atoms with Crippen molar-refractivity contribution in [3.05, 3.63) is 96.7 Å². The molecule has 10 nitrogen and oxygen atoms in total. The molecule has 11 heteroatoms. The number of hydrazine groups is 1. The lowest BCUT2D eigenvalue weighted by Crippen LogP contribution is -2.47. The molecule has 46 heavy (non-hydrogen) atoms. The number of carbonyl (C=O) groups excluding carboxylic acids is 1. The minimum Gasteiger partial charge on any atom is -0.381 e. The number of anilines is 1. The molecule has 2 aliphatic rings. The van der Waals surface area contributed by atoms with Gasteiger partial charge in [-0.15, -0.1) is 0 Å². The van der Waals surface area contributed by atoms with Gasteiger partial charge in [-0.1, -0.05) is 63.4 Å². The Labute approximate surface area is 268 Å². The number of nitrogens with two attached hydrogens (primary N) is 1. The maximum Gasteiger partial charge on any atom is 0.283 e. The third-order valence-electron chi connectivity index (χ3n) is 8.11. The number of aliphatic imine (C=N–C) groups is 3. The van der Waals surface area contributed by atoms with E-state index >= 15 is 0 Å². The zero-order valence-corrected chi connectivity index (χ0v) is 26.3. The molecular weight excluding hydrogens is 583 g/mol. The fourth-order valence-electron chi connectivity index (χ4n) is 5.64. The number of benzene rings is 2. The Balaban J connectivity index is 1.44. The molecule has 1 saturated carbocycles. The van der Waals surface area contributed by atoms with E-state index in [4.69, 9.17) is 20.6 Å². The number of pyridine rings is 1. The highest BCUT2D eigenvalue weighted by Gasteiger charge is 2.25. The molecule has 1 aliphatic heterocycles. The zero-order chi connectivity index (χ0) is 32.8. The van der Waals surface area contributed by atoms with Crippen LogP contribution in [0.5, 0.6) is 0 Å². The molecule has 1 fully saturated rings. The van der Waals surface area contributed by atoms with Crippen LogP contribution in [0.15, 0.2) is 106 Å². The van der Waals surface area contributed by atoms with Crippen LogP contribution in [0.25, 0.3) is 22.0 Å². The lowest BCUT2D eigenvalue weighted by Gasteiger charge is -2.27. The SMILES string of the molecule is C=C/C(=C1N=C(/N=C/C2CC[C@H](OC)C2)N=C(NCc2ccccc2-c2nccc3cc(NC(=O)C(=C)F)ccc23)N/1N)C(C)C. The predicted octanol–water partition coefficient (Wildman–Crippen LogP) is 6.25. The number of hydrogen-bond donors (Lipinski definition) is 3. The second-order valence-electron chi connectivity index (χ2n) is 11.5. The van der Waals surface area contributed by atoms with Crippen molar-refractivity contribution in [1.82, 2.24) is 15.3 Å². The number of amides is 1. The van der Waals surface area contributed by atoms with Gasteiger partial charge in [-0.25, -0.2) is 20.2 Å². The summed E-state index contributed by atoms with van der Waals surface area (Å²) in [6.07, 6.45) is 8.55. The molecule has 0 saturated heterocycles. The van der Waals surface area contributed by atoms with Gasteiger partial charge in [-0.2, -0.15) is 9.98 Å². The standard InChI is InChI=1S/C35H39FN8O2/c1-6-28(21(2)3)32-42-34(39-19-23-11-13-27(17-23)46-5)43-35(44(32)37)40-20-25-9-7-8-10-29(25)31-30-14-12-26(41-33(45)22(4)36)18-24(30)15-16-38-31/h6-10,12,14-16,18-19,21,23,27H,1,4,11,13,17,20,37H2,2-3,5H3,(H,41,45)(H,40,42,43)/b32-28+,39-19+/t23?,27-/m0/s1. The second-order valence-corrected chi connectivity index (χ2v) is 11.5. The van der Waals surface area contributed by atoms with E-state index in [1.165, 1.54) is 5.01 Å². The van der Waals surface area contributed by atoms with Gasteiger partial charge in [-0.05, 0) is 65.8 Å². The normalized spacial score (nSPS) is 19.3. The third kappa shape index (κ3) is 7.27. The van der Waals surface area contributed by atoms with Gasteiger partial charge in [-0.3, -0.25) is 9.78 Å². The highest BCUT2D eigenvalue weighted by Crippen LogP contribution is 2.31. The summed E-state index contributed by atoms with van der Waals surface area (Å²) in [5.74, 6) is 6.31. The highest BCUT2D eigenvalue weighted by molar-refractivity contribution is 6.04. The Hall–Kier alpha value is -5.00. The number of guanidine groups is 2. The molecule has 0 spiro atoms. The van der Waals surface area contributed by atoms with Gasteiger partial charge >= 0.3 is 0 Å². The fraction of sp³-hybridized carbons (Fsp3) is 0.286. The van der Waals surface area contributed by atoms with Crippen molar-refractivity contribution in [2.45, 2.75) is 45.8 Å². The van der Waals surface area contributed by atoms with Gasteiger partial charge < -0.3 is 15.4 Å². The maximum atomic E-state index is 13.3. The molecule has 0 bridgehead atoms. The number of nitrogens with one attached hydrogen (secondary N) is 2. The molecule has 1 aliphatic carbocycles. The number of allylic oxidation sites excluding steroid dienone is 2. The van der Waals surface area contributed by atoms with Gasteiger partial charge in [0.2, 0.25) is 5.96 Å². The Bertz CT molecular complexity index is 1780. The van der Waals surface area contributed by atoms with Crippen LogP contribution in [0.2, 0.25) is 0 Å². The van der Waals surface area contributed by atoms with E-state index in [0.717, 1.165) is 52.4 Å². The first-order valence-electron chi connectivity index (χ1n) is 15.2. The molecule has 2 atom stereocenters. The van der Waals surface area contributed by atoms with Crippen LogP contribution in [0.1, 0.15) is 38.7 Å². The first-order valence-corrected chi connectivity index (χ1v) is 15.2. The number of halogens is 1. The van der Waals surface area contributed by atoms with Crippen molar-refractivity contribution in [2.24, 2.45) is 32.7 Å². The van der Waals surface area contributed by atoms with E-state index < -0.39 is 11.7 Å². The van der Waals surface area contributed by atoms with Gasteiger partial charge in [0.1, 0.15) is 0 Å². The Kier molecular flexibility index (Phi) is 10.1. The molecule has 1 amide bonds. The van der Waals surface area contributed by atoms with Gasteiger partial charge in [0.25, 0.3) is 11.9 Å². The van der Waals surface area contributed by atoms with Crippen LogP contribution < -0.4 is 16.5 Å². The van der Waals surface area contributed by atoms with Crippen molar-refractivity contribution >= 4 is 40.5 Å². The first-order chi connectivity index (χ1) is 22.2. The van der Waals surface area contributed by atoms with E-state index in [1.807, 2.05) is 42.6 Å². The minimum atomic E-state index is -1.05. The fourth-order valence-corrected chi connectivity index (χ4v) is 5.64. The number of rotatable bonds is 9. The van der Waals surface area contributed by atoms with E-state index in [1.54, 1.807) is 31.5 Å². The van der Waals surface area contributed by atoms with Gasteiger partial charge in [0, 0.05) is 42.7 Å². The molecule has 3 aromatic rings. The number of carbonyl (C=O) groups is 1. The molecule has 0 radical (unpaired) electrons. The van der Waals surface area contributed by atoms with Crippen LogP contribution >= 0.6 is 0 Å². The molecule has 4 N–H and O–H groups in total. The molecule has 1 unspecified atom stereocenters. The smallest absolute Gasteiger partial charge is 0.283 e. The Morgan fingerprint density at radius 2 is 2.02 bits per heavy atom. The van der Waals surface area contributed by atoms with E-state index in [0.29, 0.717) is 35.9 Å². The van der Waals surface area contributed by atoms with Crippen molar-refractivity contribution in [3.8, 4) is 11.3 Å². The number of methoxy groups -OCH3 is 1. The second kappa shape index (κ2) is 14.4. The van der Waals surface area contributed by atoms with E-state index in [9.17, 15) is 9.18 Å². The van der Waals surface area contributed by atoms with Crippen LogP contribution in [0.4, 0.5) is 10.1 Å². The first kappa shape index (κ1) is 32.4. The lowest BCUT2D eigenvalue weighted by molar-refractivity contribution is -0.114. The number of ether oxygens (including phenoxy) is 1. The van der Waals surface area contributed by atoms with Crippen molar-refractivity contribution in [1.29, 1.82) is 0 Å². The molecular formula is C35H39FN8O2. The maximum absolute atomic E-state index is 13.3. The van der Waals surface area contributed by atoms with Crippen LogP contribution in [0.3, 0.4) is 0 Å².